The molecule has 3 aromatic rings. The van der Waals surface area contributed by atoms with Gasteiger partial charge in [-0.3, -0.25) is 14.7 Å². The highest BCUT2D eigenvalue weighted by Gasteiger charge is 2.17. The van der Waals surface area contributed by atoms with E-state index in [0.29, 0.717) is 22.4 Å². The molecule has 0 spiro atoms. The second-order valence-electron chi connectivity index (χ2n) is 6.34. The minimum Gasteiger partial charge on any atom is -0.331 e. The molecule has 0 saturated carbocycles. The summed E-state index contributed by atoms with van der Waals surface area (Å²) in [6, 6.07) is 15.9. The van der Waals surface area contributed by atoms with Crippen molar-refractivity contribution in [2.24, 2.45) is 0 Å². The molecule has 1 N–H and O–H groups in total. The second kappa shape index (κ2) is 9.20. The van der Waals surface area contributed by atoms with Crippen LogP contribution >= 0.6 is 11.8 Å². The van der Waals surface area contributed by atoms with Gasteiger partial charge in [0.2, 0.25) is 0 Å². The van der Waals surface area contributed by atoms with Crippen LogP contribution in [0.1, 0.15) is 11.4 Å². The van der Waals surface area contributed by atoms with Gasteiger partial charge < -0.3 is 10.2 Å². The highest BCUT2D eigenvalue weighted by Crippen LogP contribution is 2.26. The molecule has 2 amide bonds. The zero-order valence-corrected chi connectivity index (χ0v) is 16.8. The standard InChI is InChI=1S/C19H20N6O3S/c1-23(2)18(26)20-12-17-21-22-19(29-13-14-6-4-3-5-7-14)24(17)15-8-10-16(11-9-15)25(27)28/h3-11H,12-13H2,1-2H3,(H,20,26). The Balaban J connectivity index is 1.88. The summed E-state index contributed by atoms with van der Waals surface area (Å²) in [6.45, 7) is 0.174. The van der Waals surface area contributed by atoms with Crippen LogP contribution in [0.15, 0.2) is 59.8 Å². The van der Waals surface area contributed by atoms with Crippen LogP contribution in [0.3, 0.4) is 0 Å². The van der Waals surface area contributed by atoms with Crippen LogP contribution in [-0.4, -0.2) is 44.7 Å². The summed E-state index contributed by atoms with van der Waals surface area (Å²) >= 11 is 1.50. The first kappa shape index (κ1) is 20.3. The minimum atomic E-state index is -0.445. The molecule has 0 aliphatic heterocycles. The number of carbonyl (C=O) groups excluding carboxylic acids is 1. The van der Waals surface area contributed by atoms with E-state index >= 15 is 0 Å². The maximum absolute atomic E-state index is 11.9. The number of hydrogen-bond acceptors (Lipinski definition) is 6. The average Bonchev–Trinajstić information content (AvgIpc) is 3.14. The highest BCUT2D eigenvalue weighted by molar-refractivity contribution is 7.98. The molecule has 0 radical (unpaired) electrons. The number of carbonyl (C=O) groups is 1. The zero-order chi connectivity index (χ0) is 20.8. The van der Waals surface area contributed by atoms with Crippen molar-refractivity contribution in [3.8, 4) is 5.69 Å². The molecule has 10 heteroatoms. The zero-order valence-electron chi connectivity index (χ0n) is 16.0. The van der Waals surface area contributed by atoms with Crippen LogP contribution in [0.4, 0.5) is 10.5 Å². The lowest BCUT2D eigenvalue weighted by molar-refractivity contribution is -0.384. The predicted molar refractivity (Wildman–Crippen MR) is 110 cm³/mol. The van der Waals surface area contributed by atoms with Crippen molar-refractivity contribution in [1.29, 1.82) is 0 Å². The third-order valence-corrected chi connectivity index (χ3v) is 5.03. The average molecular weight is 412 g/mol. The summed E-state index contributed by atoms with van der Waals surface area (Å²) in [5.41, 5.74) is 1.83. The van der Waals surface area contributed by atoms with Crippen LogP contribution in [0, 0.1) is 10.1 Å². The molecular weight excluding hydrogens is 392 g/mol. The predicted octanol–water partition coefficient (Wildman–Crippen LogP) is 3.24. The van der Waals surface area contributed by atoms with Gasteiger partial charge in [0.15, 0.2) is 11.0 Å². The first-order chi connectivity index (χ1) is 14.0. The number of amides is 2. The largest absolute Gasteiger partial charge is 0.331 e. The number of nitrogens with one attached hydrogen (secondary N) is 1. The number of thioether (sulfide) groups is 1. The minimum absolute atomic E-state index is 0.00257. The topological polar surface area (TPSA) is 106 Å². The van der Waals surface area contributed by atoms with Gasteiger partial charge in [0.25, 0.3) is 5.69 Å². The smallest absolute Gasteiger partial charge is 0.317 e. The Hall–Kier alpha value is -3.40. The Morgan fingerprint density at radius 1 is 1.14 bits per heavy atom. The fourth-order valence-corrected chi connectivity index (χ4v) is 3.45. The Morgan fingerprint density at radius 3 is 2.45 bits per heavy atom. The molecule has 0 saturated heterocycles. The van der Waals surface area contributed by atoms with Gasteiger partial charge in [-0.1, -0.05) is 42.1 Å². The molecule has 1 heterocycles. The fourth-order valence-electron chi connectivity index (χ4n) is 2.53. The Labute approximate surface area is 171 Å². The monoisotopic (exact) mass is 412 g/mol. The Kier molecular flexibility index (Phi) is 6.45. The number of rotatable bonds is 7. The number of urea groups is 1. The second-order valence-corrected chi connectivity index (χ2v) is 7.28. The number of nitrogens with zero attached hydrogens (tertiary/aromatic N) is 5. The summed E-state index contributed by atoms with van der Waals surface area (Å²) in [5, 5.41) is 22.8. The summed E-state index contributed by atoms with van der Waals surface area (Å²) in [4.78, 5) is 23.8. The van der Waals surface area contributed by atoms with Crippen LogP contribution in [-0.2, 0) is 12.3 Å². The fraction of sp³-hybridized carbons (Fsp3) is 0.211. The Bertz CT molecular complexity index is 989. The third kappa shape index (κ3) is 5.11. The van der Waals surface area contributed by atoms with Gasteiger partial charge in [-0.15, -0.1) is 10.2 Å². The van der Waals surface area contributed by atoms with Gasteiger partial charge in [0.1, 0.15) is 0 Å². The van der Waals surface area contributed by atoms with Crippen LogP contribution in [0.25, 0.3) is 5.69 Å². The molecule has 3 rings (SSSR count). The van der Waals surface area contributed by atoms with Gasteiger partial charge in [0, 0.05) is 37.7 Å². The number of benzene rings is 2. The molecule has 2 aromatic carbocycles. The number of non-ortho nitro benzene ring substituents is 1. The highest BCUT2D eigenvalue weighted by atomic mass is 32.2. The SMILES string of the molecule is CN(C)C(=O)NCc1nnc(SCc2ccccc2)n1-c1ccc([N+](=O)[O-])cc1. The molecule has 150 valence electrons. The molecule has 0 bridgehead atoms. The lowest BCUT2D eigenvalue weighted by Gasteiger charge is -2.13. The van der Waals surface area contributed by atoms with E-state index in [4.69, 9.17) is 0 Å². The van der Waals surface area contributed by atoms with E-state index in [1.165, 1.54) is 28.8 Å². The van der Waals surface area contributed by atoms with Crippen molar-refractivity contribution in [3.05, 3.63) is 76.1 Å². The summed E-state index contributed by atoms with van der Waals surface area (Å²) < 4.78 is 1.80. The maximum Gasteiger partial charge on any atom is 0.317 e. The molecule has 0 atom stereocenters. The summed E-state index contributed by atoms with van der Waals surface area (Å²) in [6.07, 6.45) is 0. The van der Waals surface area contributed by atoms with Crippen LogP contribution in [0.2, 0.25) is 0 Å². The van der Waals surface area contributed by atoms with Gasteiger partial charge in [-0.2, -0.15) is 0 Å². The quantitative estimate of drug-likeness (QED) is 0.363. The normalized spacial score (nSPS) is 10.6. The van der Waals surface area contributed by atoms with Crippen molar-refractivity contribution in [2.75, 3.05) is 14.1 Å². The number of nitro benzene ring substituents is 1. The van der Waals surface area contributed by atoms with E-state index in [1.54, 1.807) is 30.8 Å². The van der Waals surface area contributed by atoms with E-state index in [0.717, 1.165) is 5.56 Å². The van der Waals surface area contributed by atoms with Crippen LogP contribution < -0.4 is 5.32 Å². The van der Waals surface area contributed by atoms with Crippen molar-refractivity contribution < 1.29 is 9.72 Å². The number of hydrogen-bond donors (Lipinski definition) is 1. The van der Waals surface area contributed by atoms with Gasteiger partial charge in [0.05, 0.1) is 11.5 Å². The van der Waals surface area contributed by atoms with E-state index in [2.05, 4.69) is 15.5 Å². The van der Waals surface area contributed by atoms with Gasteiger partial charge in [-0.25, -0.2) is 4.79 Å². The molecule has 0 fully saturated rings. The van der Waals surface area contributed by atoms with Crippen LogP contribution in [0.5, 0.6) is 0 Å². The number of aromatic nitrogens is 3. The van der Waals surface area contributed by atoms with Crippen molar-refractivity contribution in [1.82, 2.24) is 25.0 Å². The van der Waals surface area contributed by atoms with Gasteiger partial charge in [-0.05, 0) is 17.7 Å². The third-order valence-electron chi connectivity index (χ3n) is 4.03. The molecule has 0 unspecified atom stereocenters. The summed E-state index contributed by atoms with van der Waals surface area (Å²) in [5.74, 6) is 1.22. The molecule has 0 aliphatic carbocycles. The first-order valence-electron chi connectivity index (χ1n) is 8.76. The van der Waals surface area contributed by atoms with Crippen molar-refractivity contribution in [2.45, 2.75) is 17.5 Å². The van der Waals surface area contributed by atoms with E-state index in [9.17, 15) is 14.9 Å². The van der Waals surface area contributed by atoms with Crippen molar-refractivity contribution >= 4 is 23.5 Å². The van der Waals surface area contributed by atoms with Gasteiger partial charge >= 0.3 is 6.03 Å². The summed E-state index contributed by atoms with van der Waals surface area (Å²) in [7, 11) is 3.30. The molecule has 9 nitrogen and oxygen atoms in total. The molecule has 0 aliphatic rings. The van der Waals surface area contributed by atoms with E-state index in [1.807, 2.05) is 30.3 Å². The van der Waals surface area contributed by atoms with Crippen molar-refractivity contribution in [3.63, 3.8) is 0 Å². The lowest BCUT2D eigenvalue weighted by Crippen LogP contribution is -2.34. The molecule has 29 heavy (non-hydrogen) atoms. The Morgan fingerprint density at radius 2 is 1.83 bits per heavy atom. The maximum atomic E-state index is 11.9. The number of nitro groups is 1. The van der Waals surface area contributed by atoms with E-state index < -0.39 is 4.92 Å². The van der Waals surface area contributed by atoms with E-state index in [-0.39, 0.29) is 18.3 Å². The first-order valence-corrected chi connectivity index (χ1v) is 9.75. The molecular formula is C19H20N6O3S. The lowest BCUT2D eigenvalue weighted by atomic mass is 10.2. The molecule has 1 aromatic heterocycles.